The van der Waals surface area contributed by atoms with Gasteiger partial charge < -0.3 is 0 Å². The van der Waals surface area contributed by atoms with Gasteiger partial charge in [-0.1, -0.05) is 13.8 Å². The van der Waals surface area contributed by atoms with E-state index in [0.717, 1.165) is 10.5 Å². The molecule has 0 amide bonds. The third kappa shape index (κ3) is 2.47. The number of sulfonamides is 1. The van der Waals surface area contributed by atoms with Crippen LogP contribution in [-0.4, -0.2) is 20.0 Å². The molecule has 92 valence electrons. The average molecular weight is 270 g/mol. The van der Waals surface area contributed by atoms with Gasteiger partial charge in [-0.15, -0.1) is 11.8 Å². The van der Waals surface area contributed by atoms with Gasteiger partial charge in [0.15, 0.2) is 0 Å². The Balaban J connectivity index is 2.58. The molecule has 0 bridgehead atoms. The molecule has 0 aromatic heterocycles. The minimum Gasteiger partial charge on any atom is -0.270 e. The second-order valence-corrected chi connectivity index (χ2v) is 7.43. The van der Waals surface area contributed by atoms with Crippen LogP contribution in [0.25, 0.3) is 0 Å². The first-order chi connectivity index (χ1) is 7.90. The highest BCUT2D eigenvalue weighted by molar-refractivity contribution is 8.00. The first kappa shape index (κ1) is 12.4. The lowest BCUT2D eigenvalue weighted by Gasteiger charge is -2.16. The van der Waals surface area contributed by atoms with Crippen LogP contribution in [-0.2, 0) is 10.0 Å². The lowest BCUT2D eigenvalue weighted by Crippen LogP contribution is -2.25. The summed E-state index contributed by atoms with van der Waals surface area (Å²) in [5, 5.41) is 0.412. The van der Waals surface area contributed by atoms with E-state index >= 15 is 0 Å². The maximum absolute atomic E-state index is 11.8. The number of hydrogen-bond acceptors (Lipinski definition) is 4. The van der Waals surface area contributed by atoms with E-state index in [1.54, 1.807) is 17.8 Å². The fraction of sp³-hybridized carbons (Fsp3) is 0.364. The van der Waals surface area contributed by atoms with Crippen LogP contribution in [0.15, 0.2) is 26.9 Å². The fourth-order valence-corrected chi connectivity index (χ4v) is 3.57. The van der Waals surface area contributed by atoms with Crippen molar-refractivity contribution in [3.63, 3.8) is 0 Å². The molecule has 6 heteroatoms. The van der Waals surface area contributed by atoms with E-state index in [1.807, 2.05) is 13.0 Å². The Morgan fingerprint density at radius 1 is 1.35 bits per heavy atom. The molecule has 1 aliphatic rings. The average Bonchev–Trinajstić information content (AvgIpc) is 2.19. The van der Waals surface area contributed by atoms with Crippen molar-refractivity contribution in [2.24, 2.45) is 4.99 Å². The Hall–Kier alpha value is -1.01. The topological polar surface area (TPSA) is 58.5 Å². The van der Waals surface area contributed by atoms with Crippen molar-refractivity contribution in [1.82, 2.24) is 4.72 Å². The summed E-state index contributed by atoms with van der Waals surface area (Å²) in [7, 11) is -3.43. The summed E-state index contributed by atoms with van der Waals surface area (Å²) < 4.78 is 25.9. The van der Waals surface area contributed by atoms with Gasteiger partial charge in [0.2, 0.25) is 0 Å². The number of nitrogens with one attached hydrogen (secondary N) is 1. The molecule has 0 fully saturated rings. The molecule has 4 nitrogen and oxygen atoms in total. The van der Waals surface area contributed by atoms with Gasteiger partial charge in [-0.25, -0.2) is 13.4 Å². The van der Waals surface area contributed by atoms with E-state index in [4.69, 9.17) is 0 Å². The number of benzene rings is 1. The smallest absolute Gasteiger partial charge is 0.264 e. The van der Waals surface area contributed by atoms with Crippen molar-refractivity contribution in [1.29, 1.82) is 0 Å². The van der Waals surface area contributed by atoms with Crippen LogP contribution >= 0.6 is 11.8 Å². The molecule has 0 saturated heterocycles. The molecule has 0 atom stereocenters. The summed E-state index contributed by atoms with van der Waals surface area (Å²) in [4.78, 5) is 5.29. The third-order valence-corrected chi connectivity index (χ3v) is 4.81. The fourth-order valence-electron chi connectivity index (χ4n) is 1.58. The zero-order valence-corrected chi connectivity index (χ0v) is 11.5. The highest BCUT2D eigenvalue weighted by Gasteiger charge is 2.22. The minimum atomic E-state index is -3.43. The van der Waals surface area contributed by atoms with Crippen molar-refractivity contribution in [3.8, 4) is 0 Å². The molecule has 1 aromatic rings. The van der Waals surface area contributed by atoms with E-state index in [9.17, 15) is 8.42 Å². The molecule has 2 rings (SSSR count). The van der Waals surface area contributed by atoms with Crippen LogP contribution in [0.4, 0.5) is 5.69 Å². The normalized spacial score (nSPS) is 16.7. The van der Waals surface area contributed by atoms with Crippen LogP contribution < -0.4 is 4.72 Å². The molecular weight excluding hydrogens is 256 g/mol. The Kier molecular flexibility index (Phi) is 3.18. The van der Waals surface area contributed by atoms with Crippen LogP contribution in [0.5, 0.6) is 0 Å². The predicted octanol–water partition coefficient (Wildman–Crippen LogP) is 2.45. The van der Waals surface area contributed by atoms with E-state index in [0.29, 0.717) is 10.9 Å². The van der Waals surface area contributed by atoms with Gasteiger partial charge in [0.05, 0.1) is 5.69 Å². The molecule has 0 unspecified atom stereocenters. The van der Waals surface area contributed by atoms with Crippen LogP contribution in [0, 0.1) is 6.92 Å². The Morgan fingerprint density at radius 3 is 2.71 bits per heavy atom. The van der Waals surface area contributed by atoms with Gasteiger partial charge in [-0.2, -0.15) is 0 Å². The van der Waals surface area contributed by atoms with Gasteiger partial charge in [-0.3, -0.25) is 4.72 Å². The quantitative estimate of drug-likeness (QED) is 0.840. The number of hydrogen-bond donors (Lipinski definition) is 1. The molecule has 0 radical (unpaired) electrons. The Labute approximate surface area is 106 Å². The van der Waals surface area contributed by atoms with Gasteiger partial charge in [0, 0.05) is 10.1 Å². The van der Waals surface area contributed by atoms with E-state index < -0.39 is 10.0 Å². The highest BCUT2D eigenvalue weighted by atomic mass is 32.2. The maximum atomic E-state index is 11.8. The van der Waals surface area contributed by atoms with Gasteiger partial charge in [0.1, 0.15) is 11.2 Å². The number of rotatable bonds is 2. The molecule has 0 saturated carbocycles. The second-order valence-electron chi connectivity index (χ2n) is 4.13. The minimum absolute atomic E-state index is 0.258. The molecule has 0 aliphatic carbocycles. The molecule has 1 N–H and O–H groups in total. The molecular formula is C11H14N2O2S2. The summed E-state index contributed by atoms with van der Waals surface area (Å²) in [6, 6.07) is 3.52. The first-order valence-corrected chi connectivity index (χ1v) is 7.62. The van der Waals surface area contributed by atoms with Crippen molar-refractivity contribution < 1.29 is 8.42 Å². The summed E-state index contributed by atoms with van der Waals surface area (Å²) >= 11 is 1.65. The second kappa shape index (κ2) is 4.34. The van der Waals surface area contributed by atoms with Crippen LogP contribution in [0.1, 0.15) is 19.4 Å². The van der Waals surface area contributed by atoms with E-state index in [2.05, 4.69) is 23.6 Å². The van der Waals surface area contributed by atoms with E-state index in [-0.39, 0.29) is 4.90 Å². The summed E-state index contributed by atoms with van der Waals surface area (Å²) in [6.45, 7) is 6.12. The summed E-state index contributed by atoms with van der Waals surface area (Å²) in [6.07, 6.45) is 1.21. The number of aliphatic imine (C=N–C) groups is 1. The molecule has 1 aliphatic heterocycles. The van der Waals surface area contributed by atoms with Crippen molar-refractivity contribution in [2.75, 3.05) is 0 Å². The highest BCUT2D eigenvalue weighted by Crippen LogP contribution is 2.35. The van der Waals surface area contributed by atoms with Crippen LogP contribution in [0.3, 0.4) is 0 Å². The van der Waals surface area contributed by atoms with Crippen molar-refractivity contribution in [3.05, 3.63) is 17.7 Å². The van der Waals surface area contributed by atoms with Crippen LogP contribution in [0.2, 0.25) is 0 Å². The molecule has 1 aromatic carbocycles. The van der Waals surface area contributed by atoms with Crippen molar-refractivity contribution in [2.45, 2.75) is 35.8 Å². The lowest BCUT2D eigenvalue weighted by molar-refractivity contribution is 0.592. The van der Waals surface area contributed by atoms with Gasteiger partial charge >= 0.3 is 0 Å². The summed E-state index contributed by atoms with van der Waals surface area (Å²) in [5.41, 5.74) is 1.56. The monoisotopic (exact) mass is 270 g/mol. The van der Waals surface area contributed by atoms with Gasteiger partial charge in [0.25, 0.3) is 10.0 Å². The third-order valence-electron chi connectivity index (χ3n) is 2.32. The maximum Gasteiger partial charge on any atom is 0.264 e. The zero-order valence-electron chi connectivity index (χ0n) is 9.89. The van der Waals surface area contributed by atoms with Crippen molar-refractivity contribution >= 4 is 33.8 Å². The predicted molar refractivity (Wildman–Crippen MR) is 70.6 cm³/mol. The zero-order chi connectivity index (χ0) is 12.6. The molecule has 1 heterocycles. The summed E-state index contributed by atoms with van der Waals surface area (Å²) in [5.74, 6) is 0. The number of aryl methyl sites for hydroxylation is 1. The number of nitrogens with zero attached hydrogens (tertiary/aromatic N) is 1. The standard InChI is InChI=1S/C11H14N2O2S2/c1-7(2)16-10-5-11-9(4-8(10)3)12-6-13-17(11,14)15/h4-7H,1-3H3,(H,12,13). The SMILES string of the molecule is Cc1cc2c(cc1SC(C)C)S(=O)(=O)NC=N2. The Bertz CT molecular complexity index is 577. The van der Waals surface area contributed by atoms with E-state index in [1.165, 1.54) is 6.34 Å². The van der Waals surface area contributed by atoms with Gasteiger partial charge in [-0.05, 0) is 24.6 Å². The Morgan fingerprint density at radius 2 is 2.06 bits per heavy atom. The molecule has 17 heavy (non-hydrogen) atoms. The largest absolute Gasteiger partial charge is 0.270 e. The first-order valence-electron chi connectivity index (χ1n) is 5.26. The number of thioether (sulfide) groups is 1. The lowest BCUT2D eigenvalue weighted by atomic mass is 10.2. The number of fused-ring (bicyclic) bond motifs is 1. The molecule has 0 spiro atoms.